The predicted octanol–water partition coefficient (Wildman–Crippen LogP) is -0.352. The molecule has 48 heavy (non-hydrogen) atoms. The monoisotopic (exact) mass is 668 g/mol. The van der Waals surface area contributed by atoms with Crippen LogP contribution in [0.4, 0.5) is 0 Å². The molecule has 0 aromatic heterocycles. The van der Waals surface area contributed by atoms with Crippen molar-refractivity contribution in [1.29, 1.82) is 0 Å². The normalized spacial score (nSPS) is 14.0. The van der Waals surface area contributed by atoms with Crippen molar-refractivity contribution in [3.63, 3.8) is 0 Å². The number of carboxylic acid groups (broad SMARTS) is 1. The summed E-state index contributed by atoms with van der Waals surface area (Å²) in [5.74, 6) is -3.96. The maximum Gasteiger partial charge on any atom is 0.326 e. The van der Waals surface area contributed by atoms with Gasteiger partial charge in [0.15, 0.2) is 5.96 Å². The number of nitrogens with zero attached hydrogens (tertiary/aromatic N) is 1. The van der Waals surface area contributed by atoms with Crippen molar-refractivity contribution in [2.45, 2.75) is 83.1 Å². The number of aliphatic carboxylic acids is 1. The van der Waals surface area contributed by atoms with Crippen molar-refractivity contribution in [3.8, 4) is 5.75 Å². The fourth-order valence-electron chi connectivity index (χ4n) is 4.74. The Morgan fingerprint density at radius 1 is 0.729 bits per heavy atom. The summed E-state index contributed by atoms with van der Waals surface area (Å²) in [6.45, 7) is 5.35. The van der Waals surface area contributed by atoms with Gasteiger partial charge in [-0.05, 0) is 55.4 Å². The SMILES string of the molecule is CC(C)C[C@H](N)C(=O)N[C@@H](Cc1ccc(O)cc1)C(=O)N[C@@H](CCCN=C(N)N)C(=O)N[C@@H](C)C(=O)N[C@@H](Cc1ccccc1)C(=O)O. The number of nitrogens with one attached hydrogen (secondary N) is 4. The molecule has 4 amide bonds. The first-order valence-corrected chi connectivity index (χ1v) is 15.7. The first-order chi connectivity index (χ1) is 22.7. The first kappa shape index (κ1) is 39.0. The van der Waals surface area contributed by atoms with E-state index in [4.69, 9.17) is 17.2 Å². The van der Waals surface area contributed by atoms with E-state index < -0.39 is 59.8 Å². The third kappa shape index (κ3) is 14.1. The van der Waals surface area contributed by atoms with Crippen molar-refractivity contribution in [2.75, 3.05) is 6.54 Å². The molecule has 15 nitrogen and oxygen atoms in total. The fraction of sp³-hybridized carbons (Fsp3) is 0.455. The number of benzene rings is 2. The zero-order chi connectivity index (χ0) is 35.8. The minimum Gasteiger partial charge on any atom is -0.508 e. The molecule has 15 heteroatoms. The van der Waals surface area contributed by atoms with Crippen molar-refractivity contribution < 1.29 is 34.2 Å². The molecule has 0 aliphatic heterocycles. The number of aliphatic imine (C=N–C) groups is 1. The molecule has 0 heterocycles. The maximum atomic E-state index is 13.7. The first-order valence-electron chi connectivity index (χ1n) is 15.7. The van der Waals surface area contributed by atoms with E-state index in [0.717, 1.165) is 0 Å². The van der Waals surface area contributed by atoms with Gasteiger partial charge in [-0.2, -0.15) is 0 Å². The van der Waals surface area contributed by atoms with Crippen LogP contribution in [0.15, 0.2) is 59.6 Å². The standard InChI is InChI=1S/C33H48N8O7/c1-19(2)16-24(34)29(44)40-26(17-22-11-13-23(42)14-12-22)31(46)39-25(10-7-15-37-33(35)36)30(45)38-20(3)28(43)41-27(32(47)48)18-21-8-5-4-6-9-21/h4-6,8-9,11-14,19-20,24-27,42H,7,10,15-18,34H2,1-3H3,(H,38,45)(H,39,46)(H,40,44)(H,41,43)(H,47,48)(H4,35,36,37)/t20-,24-,25-,26-,27-/m0/s1. The van der Waals surface area contributed by atoms with Crippen LogP contribution in [-0.2, 0) is 36.8 Å². The fourth-order valence-corrected chi connectivity index (χ4v) is 4.74. The maximum absolute atomic E-state index is 13.7. The third-order valence-electron chi connectivity index (χ3n) is 7.30. The van der Waals surface area contributed by atoms with Crippen LogP contribution in [-0.4, -0.2) is 82.5 Å². The lowest BCUT2D eigenvalue weighted by Gasteiger charge is -2.26. The summed E-state index contributed by atoms with van der Waals surface area (Å²) in [4.78, 5) is 68.8. The van der Waals surface area contributed by atoms with Crippen LogP contribution in [0.5, 0.6) is 5.75 Å². The Balaban J connectivity index is 2.22. The minimum absolute atomic E-state index is 0.0192. The van der Waals surface area contributed by atoms with Crippen LogP contribution >= 0.6 is 0 Å². The lowest BCUT2D eigenvalue weighted by atomic mass is 10.0. The highest BCUT2D eigenvalue weighted by Crippen LogP contribution is 2.13. The smallest absolute Gasteiger partial charge is 0.326 e. The number of guanidine groups is 1. The molecule has 0 aliphatic rings. The lowest BCUT2D eigenvalue weighted by molar-refractivity contribution is -0.142. The summed E-state index contributed by atoms with van der Waals surface area (Å²) in [6.07, 6.45) is 0.750. The van der Waals surface area contributed by atoms with Crippen LogP contribution in [0.1, 0.15) is 51.2 Å². The molecule has 0 saturated carbocycles. The predicted molar refractivity (Wildman–Crippen MR) is 180 cm³/mol. The van der Waals surface area contributed by atoms with E-state index in [2.05, 4.69) is 26.3 Å². The van der Waals surface area contributed by atoms with E-state index in [9.17, 15) is 34.2 Å². The molecule has 5 atom stereocenters. The van der Waals surface area contributed by atoms with Crippen LogP contribution in [0.25, 0.3) is 0 Å². The van der Waals surface area contributed by atoms with Crippen LogP contribution in [0.3, 0.4) is 0 Å². The number of carbonyl (C=O) groups excluding carboxylic acids is 4. The van der Waals surface area contributed by atoms with Crippen LogP contribution in [0.2, 0.25) is 0 Å². The number of rotatable bonds is 19. The average molecular weight is 669 g/mol. The largest absolute Gasteiger partial charge is 0.508 e. The number of phenolic OH excluding ortho intramolecular Hbond substituents is 1. The lowest BCUT2D eigenvalue weighted by Crippen LogP contribution is -2.58. The second-order valence-corrected chi connectivity index (χ2v) is 12.0. The van der Waals surface area contributed by atoms with E-state index in [-0.39, 0.29) is 49.9 Å². The second kappa shape index (κ2) is 19.5. The number of hydrogen-bond acceptors (Lipinski definition) is 8. The van der Waals surface area contributed by atoms with Crippen molar-refractivity contribution in [3.05, 3.63) is 65.7 Å². The highest BCUT2D eigenvalue weighted by molar-refractivity contribution is 5.95. The summed E-state index contributed by atoms with van der Waals surface area (Å²) in [5.41, 5.74) is 18.2. The molecule has 0 spiro atoms. The molecular weight excluding hydrogens is 620 g/mol. The number of hydrogen-bond donors (Lipinski definition) is 9. The van der Waals surface area contributed by atoms with Gasteiger partial charge < -0.3 is 48.7 Å². The zero-order valence-corrected chi connectivity index (χ0v) is 27.5. The van der Waals surface area contributed by atoms with Crippen molar-refractivity contribution in [1.82, 2.24) is 21.3 Å². The Morgan fingerprint density at radius 2 is 1.27 bits per heavy atom. The molecule has 12 N–H and O–H groups in total. The number of aromatic hydroxyl groups is 1. The molecule has 2 rings (SSSR count). The molecule has 0 fully saturated rings. The van der Waals surface area contributed by atoms with Gasteiger partial charge in [0.05, 0.1) is 6.04 Å². The molecule has 2 aromatic rings. The Kier molecular flexibility index (Phi) is 15.8. The highest BCUT2D eigenvalue weighted by Gasteiger charge is 2.31. The Morgan fingerprint density at radius 3 is 1.85 bits per heavy atom. The number of nitrogens with two attached hydrogens (primary N) is 3. The molecular formula is C33H48N8O7. The van der Waals surface area contributed by atoms with Gasteiger partial charge in [0.2, 0.25) is 23.6 Å². The summed E-state index contributed by atoms with van der Waals surface area (Å²) in [5, 5.41) is 29.7. The molecule has 0 aliphatic carbocycles. The number of amides is 4. The average Bonchev–Trinajstić information content (AvgIpc) is 3.02. The van der Waals surface area contributed by atoms with E-state index in [1.165, 1.54) is 19.1 Å². The van der Waals surface area contributed by atoms with Gasteiger partial charge in [0.25, 0.3) is 0 Å². The van der Waals surface area contributed by atoms with Crippen molar-refractivity contribution in [2.24, 2.45) is 28.1 Å². The molecule has 2 aromatic carbocycles. The summed E-state index contributed by atoms with van der Waals surface area (Å²) in [6, 6.07) is 9.19. The van der Waals surface area contributed by atoms with Crippen LogP contribution in [0, 0.1) is 5.92 Å². The summed E-state index contributed by atoms with van der Waals surface area (Å²) in [7, 11) is 0. The number of carbonyl (C=O) groups is 5. The Bertz CT molecular complexity index is 1400. The van der Waals surface area contributed by atoms with Gasteiger partial charge in [-0.25, -0.2) is 4.79 Å². The van der Waals surface area contributed by atoms with Gasteiger partial charge in [0, 0.05) is 19.4 Å². The number of phenols is 1. The Labute approximate surface area is 280 Å². The van der Waals surface area contributed by atoms with Crippen LogP contribution < -0.4 is 38.5 Å². The molecule has 0 radical (unpaired) electrons. The van der Waals surface area contributed by atoms with Gasteiger partial charge in [-0.15, -0.1) is 0 Å². The van der Waals surface area contributed by atoms with E-state index in [1.807, 2.05) is 13.8 Å². The van der Waals surface area contributed by atoms with E-state index in [0.29, 0.717) is 17.5 Å². The van der Waals surface area contributed by atoms with E-state index >= 15 is 0 Å². The number of carboxylic acids is 1. The zero-order valence-electron chi connectivity index (χ0n) is 27.5. The van der Waals surface area contributed by atoms with Gasteiger partial charge in [0.1, 0.15) is 29.9 Å². The van der Waals surface area contributed by atoms with Crippen molar-refractivity contribution >= 4 is 35.6 Å². The second-order valence-electron chi connectivity index (χ2n) is 12.0. The summed E-state index contributed by atoms with van der Waals surface area (Å²) < 4.78 is 0. The van der Waals surface area contributed by atoms with E-state index in [1.54, 1.807) is 42.5 Å². The van der Waals surface area contributed by atoms with Gasteiger partial charge in [-0.3, -0.25) is 24.2 Å². The van der Waals surface area contributed by atoms with Gasteiger partial charge in [-0.1, -0.05) is 56.3 Å². The third-order valence-corrected chi connectivity index (χ3v) is 7.30. The highest BCUT2D eigenvalue weighted by atomic mass is 16.4. The molecule has 0 bridgehead atoms. The quantitative estimate of drug-likeness (QED) is 0.0533. The minimum atomic E-state index is -1.25. The molecule has 0 saturated heterocycles. The molecule has 0 unspecified atom stereocenters. The van der Waals surface area contributed by atoms with Gasteiger partial charge >= 0.3 is 5.97 Å². The summed E-state index contributed by atoms with van der Waals surface area (Å²) >= 11 is 0. The topological polar surface area (TPSA) is 264 Å². The molecule has 262 valence electrons. The Hall–Kier alpha value is -5.18.